The lowest BCUT2D eigenvalue weighted by molar-refractivity contribution is -0.138. The Bertz CT molecular complexity index is 237. The molecule has 0 aromatic carbocycles. The second-order valence-electron chi connectivity index (χ2n) is 3.09. The maximum absolute atomic E-state index is 11.1. The number of nitrogens with two attached hydrogens (primary N) is 1. The smallest absolute Gasteiger partial charge is 0.320 e. The minimum atomic E-state index is -1.13. The molecule has 0 bridgehead atoms. The molecule has 0 aliphatic carbocycles. The third-order valence-electron chi connectivity index (χ3n) is 1.84. The van der Waals surface area contributed by atoms with Gasteiger partial charge in [-0.2, -0.15) is 0 Å². The van der Waals surface area contributed by atoms with Crippen molar-refractivity contribution in [1.82, 2.24) is 0 Å². The summed E-state index contributed by atoms with van der Waals surface area (Å²) in [4.78, 5) is 32.2. The first-order chi connectivity index (χ1) is 6.47. The van der Waals surface area contributed by atoms with Gasteiger partial charge in [-0.05, 0) is 6.42 Å². The van der Waals surface area contributed by atoms with E-state index in [1.165, 1.54) is 0 Å². The predicted octanol–water partition coefficient (Wildman–Crippen LogP) is 0.117. The number of aliphatic carboxylic acids is 1. The quantitative estimate of drug-likeness (QED) is 0.570. The van der Waals surface area contributed by atoms with Gasteiger partial charge in [-0.3, -0.25) is 14.4 Å². The topological polar surface area (TPSA) is 97.5 Å². The van der Waals surface area contributed by atoms with Crippen molar-refractivity contribution in [3.63, 3.8) is 0 Å². The van der Waals surface area contributed by atoms with Crippen LogP contribution in [0.2, 0.25) is 0 Å². The fourth-order valence-electron chi connectivity index (χ4n) is 0.873. The fourth-order valence-corrected chi connectivity index (χ4v) is 0.873. The van der Waals surface area contributed by atoms with Gasteiger partial charge in [0.1, 0.15) is 17.6 Å². The van der Waals surface area contributed by atoms with Gasteiger partial charge >= 0.3 is 5.97 Å². The van der Waals surface area contributed by atoms with Crippen molar-refractivity contribution in [2.75, 3.05) is 0 Å². The van der Waals surface area contributed by atoms with E-state index < -0.39 is 12.0 Å². The van der Waals surface area contributed by atoms with Gasteiger partial charge in [0, 0.05) is 12.8 Å². The second-order valence-corrected chi connectivity index (χ2v) is 3.09. The molecule has 0 aliphatic heterocycles. The highest BCUT2D eigenvalue weighted by Gasteiger charge is 2.14. The zero-order chi connectivity index (χ0) is 11.1. The summed E-state index contributed by atoms with van der Waals surface area (Å²) in [7, 11) is 0. The molecule has 5 nitrogen and oxygen atoms in total. The Morgan fingerprint density at radius 1 is 1.29 bits per heavy atom. The summed E-state index contributed by atoms with van der Waals surface area (Å²) in [5.41, 5.74) is 5.19. The van der Waals surface area contributed by atoms with Gasteiger partial charge in [0.05, 0.1) is 6.42 Å². The first-order valence-electron chi connectivity index (χ1n) is 4.49. The largest absolute Gasteiger partial charge is 0.480 e. The van der Waals surface area contributed by atoms with Gasteiger partial charge in [0.2, 0.25) is 0 Å². The standard InChI is InChI=1S/C9H15NO4/c1-2-6(11)5-7(12)3-4-8(10)9(13)14/h8H,2-5,10H2,1H3,(H,13,14). The van der Waals surface area contributed by atoms with Crippen molar-refractivity contribution < 1.29 is 19.5 Å². The van der Waals surface area contributed by atoms with Crippen LogP contribution in [0.5, 0.6) is 0 Å². The monoisotopic (exact) mass is 201 g/mol. The van der Waals surface area contributed by atoms with Crippen molar-refractivity contribution in [2.45, 2.75) is 38.6 Å². The number of carbonyl (C=O) groups is 3. The molecule has 0 aliphatic rings. The van der Waals surface area contributed by atoms with Crippen LogP contribution in [0.1, 0.15) is 32.6 Å². The highest BCUT2D eigenvalue weighted by atomic mass is 16.4. The second kappa shape index (κ2) is 6.26. The molecular formula is C9H15NO4. The molecule has 5 heteroatoms. The maximum atomic E-state index is 11.1. The van der Waals surface area contributed by atoms with E-state index in [2.05, 4.69) is 0 Å². The Morgan fingerprint density at radius 3 is 2.29 bits per heavy atom. The van der Waals surface area contributed by atoms with Crippen LogP contribution in [-0.4, -0.2) is 28.7 Å². The Morgan fingerprint density at radius 2 is 1.86 bits per heavy atom. The number of Topliss-reactive ketones (excluding diaryl/α,β-unsaturated/α-hetero) is 2. The van der Waals surface area contributed by atoms with E-state index in [-0.39, 0.29) is 30.8 Å². The van der Waals surface area contributed by atoms with Crippen LogP contribution in [0.4, 0.5) is 0 Å². The molecule has 0 heterocycles. The van der Waals surface area contributed by atoms with Crippen LogP contribution >= 0.6 is 0 Å². The first-order valence-corrected chi connectivity index (χ1v) is 4.49. The van der Waals surface area contributed by atoms with Crippen LogP contribution in [0.15, 0.2) is 0 Å². The number of rotatable bonds is 7. The van der Waals surface area contributed by atoms with Gasteiger partial charge in [-0.1, -0.05) is 6.92 Å². The molecule has 0 rings (SSSR count). The summed E-state index contributed by atoms with van der Waals surface area (Å²) in [5, 5.41) is 8.42. The van der Waals surface area contributed by atoms with Crippen LogP contribution < -0.4 is 5.73 Å². The zero-order valence-electron chi connectivity index (χ0n) is 8.16. The summed E-state index contributed by atoms with van der Waals surface area (Å²) >= 11 is 0. The van der Waals surface area contributed by atoms with Crippen LogP contribution in [-0.2, 0) is 14.4 Å². The van der Waals surface area contributed by atoms with E-state index in [4.69, 9.17) is 10.8 Å². The van der Waals surface area contributed by atoms with Crippen LogP contribution in [0, 0.1) is 0 Å². The Kier molecular flexibility index (Phi) is 5.71. The van der Waals surface area contributed by atoms with E-state index in [9.17, 15) is 14.4 Å². The minimum absolute atomic E-state index is 0.0548. The molecule has 0 saturated heterocycles. The molecule has 0 radical (unpaired) electrons. The van der Waals surface area contributed by atoms with Gasteiger partial charge in [-0.15, -0.1) is 0 Å². The predicted molar refractivity (Wildman–Crippen MR) is 49.8 cm³/mol. The Hall–Kier alpha value is -1.23. The zero-order valence-corrected chi connectivity index (χ0v) is 8.16. The number of carboxylic acids is 1. The van der Waals surface area contributed by atoms with Crippen LogP contribution in [0.25, 0.3) is 0 Å². The van der Waals surface area contributed by atoms with Gasteiger partial charge in [0.25, 0.3) is 0 Å². The van der Waals surface area contributed by atoms with Gasteiger partial charge < -0.3 is 10.8 Å². The maximum Gasteiger partial charge on any atom is 0.320 e. The number of hydrogen-bond acceptors (Lipinski definition) is 4. The highest BCUT2D eigenvalue weighted by Crippen LogP contribution is 2.00. The Labute approximate surface area is 82.3 Å². The fraction of sp³-hybridized carbons (Fsp3) is 0.667. The number of ketones is 2. The summed E-state index contributed by atoms with van der Waals surface area (Å²) in [5.74, 6) is -1.49. The summed E-state index contributed by atoms with van der Waals surface area (Å²) < 4.78 is 0. The normalized spacial score (nSPS) is 12.1. The van der Waals surface area contributed by atoms with Crippen molar-refractivity contribution in [3.05, 3.63) is 0 Å². The summed E-state index contributed by atoms with van der Waals surface area (Å²) in [6.45, 7) is 1.68. The van der Waals surface area contributed by atoms with E-state index >= 15 is 0 Å². The number of carbonyl (C=O) groups excluding carboxylic acids is 2. The molecule has 80 valence electrons. The molecule has 0 fully saturated rings. The molecular weight excluding hydrogens is 186 g/mol. The number of hydrogen-bond donors (Lipinski definition) is 2. The summed E-state index contributed by atoms with van der Waals surface area (Å²) in [6.07, 6.45) is 0.365. The lowest BCUT2D eigenvalue weighted by atomic mass is 10.1. The van der Waals surface area contributed by atoms with E-state index in [1.807, 2.05) is 0 Å². The van der Waals surface area contributed by atoms with E-state index in [0.29, 0.717) is 6.42 Å². The third kappa shape index (κ3) is 5.42. The molecule has 0 saturated carbocycles. The molecule has 3 N–H and O–H groups in total. The van der Waals surface area contributed by atoms with Gasteiger partial charge in [0.15, 0.2) is 0 Å². The average Bonchev–Trinajstić information content (AvgIpc) is 2.13. The minimum Gasteiger partial charge on any atom is -0.480 e. The molecule has 0 aromatic rings. The summed E-state index contributed by atoms with van der Waals surface area (Å²) in [6, 6.07) is -1.02. The molecule has 0 aromatic heterocycles. The van der Waals surface area contributed by atoms with Crippen molar-refractivity contribution in [1.29, 1.82) is 0 Å². The average molecular weight is 201 g/mol. The van der Waals surface area contributed by atoms with Crippen LogP contribution in [0.3, 0.4) is 0 Å². The molecule has 0 amide bonds. The van der Waals surface area contributed by atoms with Crippen molar-refractivity contribution in [3.8, 4) is 0 Å². The van der Waals surface area contributed by atoms with Crippen molar-refractivity contribution >= 4 is 17.5 Å². The Balaban J connectivity index is 3.74. The van der Waals surface area contributed by atoms with E-state index in [0.717, 1.165) is 0 Å². The molecule has 0 spiro atoms. The lowest BCUT2D eigenvalue weighted by Crippen LogP contribution is -2.30. The molecule has 14 heavy (non-hydrogen) atoms. The molecule has 1 atom stereocenters. The first kappa shape index (κ1) is 12.8. The van der Waals surface area contributed by atoms with E-state index in [1.54, 1.807) is 6.92 Å². The van der Waals surface area contributed by atoms with Gasteiger partial charge in [-0.25, -0.2) is 0 Å². The third-order valence-corrected chi connectivity index (χ3v) is 1.84. The van der Waals surface area contributed by atoms with Crippen molar-refractivity contribution in [2.24, 2.45) is 5.73 Å². The highest BCUT2D eigenvalue weighted by molar-refractivity contribution is 5.99. The lowest BCUT2D eigenvalue weighted by Gasteiger charge is -2.04. The number of carboxylic acid groups (broad SMARTS) is 1. The molecule has 1 unspecified atom stereocenters. The SMILES string of the molecule is CCC(=O)CC(=O)CCC(N)C(=O)O.